The van der Waals surface area contributed by atoms with E-state index < -0.39 is 0 Å². The molecule has 2 saturated heterocycles. The predicted molar refractivity (Wildman–Crippen MR) is 80.2 cm³/mol. The van der Waals surface area contributed by atoms with E-state index >= 15 is 0 Å². The first kappa shape index (κ1) is 15.3. The molecule has 0 aromatic carbocycles. The monoisotopic (exact) mass is 305 g/mol. The zero-order valence-corrected chi connectivity index (χ0v) is 13.3. The number of hydrogen-bond acceptors (Lipinski definition) is 7. The van der Waals surface area contributed by atoms with Crippen LogP contribution in [0, 0.1) is 11.3 Å². The van der Waals surface area contributed by atoms with Crippen LogP contribution in [0.4, 0.5) is 5.95 Å². The topological polar surface area (TPSA) is 78.4 Å². The second-order valence-corrected chi connectivity index (χ2v) is 6.36. The molecule has 7 nitrogen and oxygen atoms in total. The van der Waals surface area contributed by atoms with Gasteiger partial charge in [-0.1, -0.05) is 0 Å². The number of piperidine rings is 1. The summed E-state index contributed by atoms with van der Waals surface area (Å²) in [4.78, 5) is 8.29. The molecule has 0 bridgehead atoms. The summed E-state index contributed by atoms with van der Waals surface area (Å²) in [7, 11) is 3.75. The molecule has 0 N–H and O–H groups in total. The Morgan fingerprint density at radius 1 is 1.36 bits per heavy atom. The van der Waals surface area contributed by atoms with Crippen LogP contribution in [0.15, 0.2) is 4.52 Å². The maximum atomic E-state index is 9.70. The Hall–Kier alpha value is -1.65. The van der Waals surface area contributed by atoms with E-state index in [1.807, 2.05) is 14.1 Å². The number of nitrogens with zero attached hydrogens (tertiary/aromatic N) is 5. The predicted octanol–water partition coefficient (Wildman–Crippen LogP) is 1.56. The van der Waals surface area contributed by atoms with Gasteiger partial charge in [-0.25, -0.2) is 0 Å². The molecule has 0 saturated carbocycles. The number of aromatic nitrogens is 2. The van der Waals surface area contributed by atoms with Crippen molar-refractivity contribution in [2.45, 2.75) is 50.3 Å². The van der Waals surface area contributed by atoms with E-state index in [0.29, 0.717) is 18.4 Å². The van der Waals surface area contributed by atoms with Crippen LogP contribution in [0.3, 0.4) is 0 Å². The fourth-order valence-electron chi connectivity index (χ4n) is 3.50. The third-order valence-electron chi connectivity index (χ3n) is 4.61. The van der Waals surface area contributed by atoms with Crippen molar-refractivity contribution in [3.8, 4) is 6.07 Å². The molecule has 1 aromatic heterocycles. The number of likely N-dealkylation sites (tertiary alicyclic amines) is 1. The summed E-state index contributed by atoms with van der Waals surface area (Å²) in [5.74, 6) is 1.11. The molecular formula is C15H23N5O2. The van der Waals surface area contributed by atoms with Crippen LogP contribution in [0.25, 0.3) is 0 Å². The van der Waals surface area contributed by atoms with Gasteiger partial charge in [0.05, 0.1) is 18.2 Å². The number of rotatable bonds is 3. The smallest absolute Gasteiger partial charge is 0.265 e. The van der Waals surface area contributed by atoms with Gasteiger partial charge in [0.1, 0.15) is 6.04 Å². The van der Waals surface area contributed by atoms with Gasteiger partial charge >= 0.3 is 0 Å². The molecule has 1 aromatic rings. The highest BCUT2D eigenvalue weighted by molar-refractivity contribution is 5.23. The van der Waals surface area contributed by atoms with Crippen molar-refractivity contribution in [3.63, 3.8) is 0 Å². The average molecular weight is 305 g/mol. The minimum Gasteiger partial charge on any atom is -0.372 e. The van der Waals surface area contributed by atoms with Crippen LogP contribution in [0.2, 0.25) is 0 Å². The van der Waals surface area contributed by atoms with E-state index in [1.54, 1.807) is 4.90 Å². The van der Waals surface area contributed by atoms with Gasteiger partial charge in [-0.3, -0.25) is 4.90 Å². The zero-order chi connectivity index (χ0) is 15.6. The van der Waals surface area contributed by atoms with Gasteiger partial charge in [0.15, 0.2) is 0 Å². The highest BCUT2D eigenvalue weighted by Crippen LogP contribution is 2.38. The first-order valence-corrected chi connectivity index (χ1v) is 7.92. The van der Waals surface area contributed by atoms with Crippen molar-refractivity contribution in [3.05, 3.63) is 5.89 Å². The number of nitriles is 1. The lowest BCUT2D eigenvalue weighted by Crippen LogP contribution is -2.58. The van der Waals surface area contributed by atoms with Gasteiger partial charge in [0.2, 0.25) is 5.89 Å². The molecule has 0 aliphatic carbocycles. The molecule has 2 aliphatic heterocycles. The van der Waals surface area contributed by atoms with Crippen molar-refractivity contribution in [2.24, 2.45) is 0 Å². The van der Waals surface area contributed by atoms with Crippen molar-refractivity contribution in [1.29, 1.82) is 5.26 Å². The second kappa shape index (κ2) is 6.23. The maximum Gasteiger partial charge on any atom is 0.265 e. The third-order valence-corrected chi connectivity index (χ3v) is 4.61. The molecule has 0 amide bonds. The third kappa shape index (κ3) is 2.81. The van der Waals surface area contributed by atoms with E-state index in [-0.39, 0.29) is 11.6 Å². The van der Waals surface area contributed by atoms with Crippen LogP contribution in [-0.4, -0.2) is 53.9 Å². The lowest BCUT2D eigenvalue weighted by Gasteiger charge is -2.48. The van der Waals surface area contributed by atoms with Gasteiger partial charge < -0.3 is 14.2 Å². The van der Waals surface area contributed by atoms with Gasteiger partial charge in [-0.15, -0.1) is 0 Å². The lowest BCUT2D eigenvalue weighted by molar-refractivity contribution is -0.139. The molecule has 2 aliphatic rings. The summed E-state index contributed by atoms with van der Waals surface area (Å²) < 4.78 is 11.4. The lowest BCUT2D eigenvalue weighted by atomic mass is 9.79. The molecule has 7 heteroatoms. The van der Waals surface area contributed by atoms with Crippen LogP contribution >= 0.6 is 0 Å². The first-order chi connectivity index (χ1) is 10.6. The molecule has 2 unspecified atom stereocenters. The summed E-state index contributed by atoms with van der Waals surface area (Å²) in [6.07, 6.45) is 5.20. The van der Waals surface area contributed by atoms with Gasteiger partial charge in [-0.2, -0.15) is 10.2 Å². The highest BCUT2D eigenvalue weighted by atomic mass is 16.5. The van der Waals surface area contributed by atoms with Crippen molar-refractivity contribution >= 4 is 5.95 Å². The molecule has 1 spiro atoms. The molecule has 0 radical (unpaired) electrons. The summed E-state index contributed by atoms with van der Waals surface area (Å²) in [6, 6.07) is 2.23. The van der Waals surface area contributed by atoms with Crippen LogP contribution in [-0.2, 0) is 11.3 Å². The van der Waals surface area contributed by atoms with Crippen molar-refractivity contribution < 1.29 is 9.26 Å². The first-order valence-electron chi connectivity index (χ1n) is 7.92. The molecule has 3 rings (SSSR count). The summed E-state index contributed by atoms with van der Waals surface area (Å²) in [5.41, 5.74) is -0.310. The highest BCUT2D eigenvalue weighted by Gasteiger charge is 2.47. The molecule has 2 atom stereocenters. The number of ether oxygens (including phenoxy) is 1. The molecule has 3 heterocycles. The van der Waals surface area contributed by atoms with Crippen molar-refractivity contribution in [2.75, 3.05) is 32.1 Å². The van der Waals surface area contributed by atoms with Crippen LogP contribution in [0.1, 0.15) is 38.0 Å². The molecule has 2 fully saturated rings. The Balaban J connectivity index is 1.75. The van der Waals surface area contributed by atoms with Crippen LogP contribution in [0.5, 0.6) is 0 Å². The Morgan fingerprint density at radius 2 is 2.18 bits per heavy atom. The van der Waals surface area contributed by atoms with Crippen LogP contribution < -0.4 is 4.90 Å². The summed E-state index contributed by atoms with van der Waals surface area (Å²) >= 11 is 0. The summed E-state index contributed by atoms with van der Waals surface area (Å²) in [5, 5.41) is 13.6. The quantitative estimate of drug-likeness (QED) is 0.838. The fourth-order valence-corrected chi connectivity index (χ4v) is 3.50. The molecular weight excluding hydrogens is 282 g/mol. The molecule has 120 valence electrons. The fraction of sp³-hybridized carbons (Fsp3) is 0.800. The number of anilines is 1. The Morgan fingerprint density at radius 3 is 2.82 bits per heavy atom. The maximum absolute atomic E-state index is 9.70. The van der Waals surface area contributed by atoms with E-state index in [2.05, 4.69) is 21.1 Å². The normalized spacial score (nSPS) is 29.4. The summed E-state index contributed by atoms with van der Waals surface area (Å²) in [6.45, 7) is 2.13. The Kier molecular flexibility index (Phi) is 4.32. The van der Waals surface area contributed by atoms with E-state index in [9.17, 15) is 5.26 Å². The largest absolute Gasteiger partial charge is 0.372 e. The zero-order valence-electron chi connectivity index (χ0n) is 13.3. The SMILES string of the molecule is CN(C)c1noc(CN2CCCC3(CCCCO3)C2C#N)n1. The second-order valence-electron chi connectivity index (χ2n) is 6.36. The Bertz CT molecular complexity index is 539. The van der Waals surface area contributed by atoms with Gasteiger partial charge in [-0.05, 0) is 37.3 Å². The standard InChI is InChI=1S/C15H23N5O2/c1-19(2)14-17-13(22-18-14)11-20-8-5-7-15(12(20)10-16)6-3-4-9-21-15/h12H,3-9,11H2,1-2H3. The van der Waals surface area contributed by atoms with Gasteiger partial charge in [0.25, 0.3) is 5.95 Å². The average Bonchev–Trinajstić information content (AvgIpc) is 2.97. The van der Waals surface area contributed by atoms with Crippen molar-refractivity contribution in [1.82, 2.24) is 15.0 Å². The Labute approximate surface area is 130 Å². The van der Waals surface area contributed by atoms with E-state index in [0.717, 1.165) is 45.3 Å². The van der Waals surface area contributed by atoms with E-state index in [1.165, 1.54) is 0 Å². The minimum absolute atomic E-state index is 0.240. The number of hydrogen-bond donors (Lipinski definition) is 0. The molecule has 22 heavy (non-hydrogen) atoms. The van der Waals surface area contributed by atoms with E-state index in [4.69, 9.17) is 9.26 Å². The van der Waals surface area contributed by atoms with Gasteiger partial charge in [0, 0.05) is 27.2 Å². The minimum atomic E-state index is -0.310.